The predicted molar refractivity (Wildman–Crippen MR) is 49.5 cm³/mol. The van der Waals surface area contributed by atoms with Crippen LogP contribution in [0.5, 0.6) is 0 Å². The van der Waals surface area contributed by atoms with Crippen LogP contribution in [0.4, 0.5) is 0 Å². The Kier molecular flexibility index (Phi) is 1.96. The lowest BCUT2D eigenvalue weighted by molar-refractivity contribution is 0.681. The van der Waals surface area contributed by atoms with Crippen LogP contribution in [0.1, 0.15) is 31.9 Å². The van der Waals surface area contributed by atoms with Gasteiger partial charge in [-0.2, -0.15) is 5.10 Å². The van der Waals surface area contributed by atoms with Crippen molar-refractivity contribution in [2.75, 3.05) is 0 Å². The molecule has 0 amide bonds. The molecular formula is C9H12N4. The molecule has 0 N–H and O–H groups in total. The molecule has 2 rings (SSSR count). The van der Waals surface area contributed by atoms with Crippen molar-refractivity contribution in [1.82, 2.24) is 19.8 Å². The summed E-state index contributed by atoms with van der Waals surface area (Å²) < 4.78 is 1.71. The molecule has 1 atom stereocenters. The fraction of sp³-hybridized carbons (Fsp3) is 0.444. The van der Waals surface area contributed by atoms with E-state index < -0.39 is 0 Å². The summed E-state index contributed by atoms with van der Waals surface area (Å²) in [5.41, 5.74) is 1.89. The Morgan fingerprint density at radius 3 is 3.08 bits per heavy atom. The third-order valence-electron chi connectivity index (χ3n) is 2.30. The van der Waals surface area contributed by atoms with Crippen LogP contribution in [0.25, 0.3) is 5.65 Å². The molecule has 1 unspecified atom stereocenters. The lowest BCUT2D eigenvalue weighted by Crippen LogP contribution is -2.00. The molecule has 2 aromatic heterocycles. The van der Waals surface area contributed by atoms with E-state index in [2.05, 4.69) is 29.1 Å². The highest BCUT2D eigenvalue weighted by Gasteiger charge is 2.05. The van der Waals surface area contributed by atoms with Crippen LogP contribution in [0, 0.1) is 0 Å². The Morgan fingerprint density at radius 2 is 2.31 bits per heavy atom. The molecule has 68 valence electrons. The van der Waals surface area contributed by atoms with E-state index in [1.807, 2.05) is 12.1 Å². The van der Waals surface area contributed by atoms with E-state index in [9.17, 15) is 0 Å². The first-order chi connectivity index (χ1) is 6.31. The van der Waals surface area contributed by atoms with Crippen LogP contribution >= 0.6 is 0 Å². The fourth-order valence-corrected chi connectivity index (χ4v) is 1.22. The Hall–Kier alpha value is -1.45. The SMILES string of the molecule is CCC(C)c1ccc2nncn2n1. The first-order valence-corrected chi connectivity index (χ1v) is 4.48. The minimum absolute atomic E-state index is 0.492. The summed E-state index contributed by atoms with van der Waals surface area (Å²) >= 11 is 0. The number of rotatable bonds is 2. The van der Waals surface area contributed by atoms with Crippen molar-refractivity contribution in [2.45, 2.75) is 26.2 Å². The van der Waals surface area contributed by atoms with Crippen molar-refractivity contribution < 1.29 is 0 Å². The number of hydrogen-bond donors (Lipinski definition) is 0. The van der Waals surface area contributed by atoms with Gasteiger partial charge in [-0.3, -0.25) is 0 Å². The Bertz CT molecular complexity index is 407. The molecule has 0 spiro atoms. The van der Waals surface area contributed by atoms with Crippen molar-refractivity contribution in [2.24, 2.45) is 0 Å². The molecule has 4 nitrogen and oxygen atoms in total. The first kappa shape index (κ1) is 8.16. The smallest absolute Gasteiger partial charge is 0.177 e. The van der Waals surface area contributed by atoms with Crippen molar-refractivity contribution in [3.63, 3.8) is 0 Å². The third-order valence-corrected chi connectivity index (χ3v) is 2.30. The second-order valence-electron chi connectivity index (χ2n) is 3.20. The largest absolute Gasteiger partial charge is 0.200 e. The normalized spacial score (nSPS) is 13.4. The van der Waals surface area contributed by atoms with Crippen molar-refractivity contribution >= 4 is 5.65 Å². The highest BCUT2D eigenvalue weighted by Crippen LogP contribution is 2.15. The van der Waals surface area contributed by atoms with Crippen LogP contribution in [-0.2, 0) is 0 Å². The molecule has 2 aromatic rings. The molecule has 0 bridgehead atoms. The highest BCUT2D eigenvalue weighted by atomic mass is 15.3. The monoisotopic (exact) mass is 176 g/mol. The van der Waals surface area contributed by atoms with E-state index >= 15 is 0 Å². The van der Waals surface area contributed by atoms with Gasteiger partial charge in [-0.15, -0.1) is 10.2 Å². The molecule has 4 heteroatoms. The molecule has 0 saturated heterocycles. The lowest BCUT2D eigenvalue weighted by atomic mass is 10.1. The van der Waals surface area contributed by atoms with Gasteiger partial charge in [0.2, 0.25) is 0 Å². The average molecular weight is 176 g/mol. The molecule has 0 radical (unpaired) electrons. The summed E-state index contributed by atoms with van der Waals surface area (Å²) in [6.45, 7) is 4.32. The van der Waals surface area contributed by atoms with E-state index in [0.29, 0.717) is 5.92 Å². The predicted octanol–water partition coefficient (Wildman–Crippen LogP) is 1.64. The molecule has 0 aliphatic rings. The van der Waals surface area contributed by atoms with Crippen LogP contribution < -0.4 is 0 Å². The Balaban J connectivity index is 2.48. The van der Waals surface area contributed by atoms with Crippen LogP contribution in [0.3, 0.4) is 0 Å². The zero-order valence-electron chi connectivity index (χ0n) is 7.81. The summed E-state index contributed by atoms with van der Waals surface area (Å²) in [6.07, 6.45) is 2.72. The summed E-state index contributed by atoms with van der Waals surface area (Å²) in [6, 6.07) is 3.96. The number of fused-ring (bicyclic) bond motifs is 1. The first-order valence-electron chi connectivity index (χ1n) is 4.48. The van der Waals surface area contributed by atoms with Gasteiger partial charge in [-0.25, -0.2) is 4.52 Å². The molecule has 2 heterocycles. The van der Waals surface area contributed by atoms with E-state index in [0.717, 1.165) is 17.8 Å². The van der Waals surface area contributed by atoms with E-state index in [-0.39, 0.29) is 0 Å². The zero-order valence-corrected chi connectivity index (χ0v) is 7.81. The summed E-state index contributed by atoms with van der Waals surface area (Å²) in [7, 11) is 0. The number of nitrogens with zero attached hydrogens (tertiary/aromatic N) is 4. The lowest BCUT2D eigenvalue weighted by Gasteiger charge is -2.06. The second-order valence-corrected chi connectivity index (χ2v) is 3.20. The van der Waals surface area contributed by atoms with E-state index in [1.54, 1.807) is 10.8 Å². The zero-order chi connectivity index (χ0) is 9.26. The maximum absolute atomic E-state index is 4.40. The second kappa shape index (κ2) is 3.12. The van der Waals surface area contributed by atoms with Gasteiger partial charge in [-0.05, 0) is 24.5 Å². The number of aromatic nitrogens is 4. The van der Waals surface area contributed by atoms with Gasteiger partial charge in [0.05, 0.1) is 5.69 Å². The van der Waals surface area contributed by atoms with Crippen LogP contribution in [-0.4, -0.2) is 19.8 Å². The average Bonchev–Trinajstić information content (AvgIpc) is 2.63. The van der Waals surface area contributed by atoms with Gasteiger partial charge in [0.25, 0.3) is 0 Å². The topological polar surface area (TPSA) is 43.1 Å². The van der Waals surface area contributed by atoms with Crippen LogP contribution in [0.2, 0.25) is 0 Å². The molecule has 13 heavy (non-hydrogen) atoms. The summed E-state index contributed by atoms with van der Waals surface area (Å²) in [5, 5.41) is 12.1. The van der Waals surface area contributed by atoms with Gasteiger partial charge >= 0.3 is 0 Å². The highest BCUT2D eigenvalue weighted by molar-refractivity contribution is 5.34. The fourth-order valence-electron chi connectivity index (χ4n) is 1.22. The van der Waals surface area contributed by atoms with Crippen LogP contribution in [0.15, 0.2) is 18.5 Å². The van der Waals surface area contributed by atoms with E-state index in [4.69, 9.17) is 0 Å². The van der Waals surface area contributed by atoms with Crippen molar-refractivity contribution in [3.8, 4) is 0 Å². The quantitative estimate of drug-likeness (QED) is 0.698. The van der Waals surface area contributed by atoms with Gasteiger partial charge < -0.3 is 0 Å². The van der Waals surface area contributed by atoms with E-state index in [1.165, 1.54) is 0 Å². The maximum Gasteiger partial charge on any atom is 0.177 e. The molecular weight excluding hydrogens is 164 g/mol. The molecule has 0 aromatic carbocycles. The standard InChI is InChI=1S/C9H12N4/c1-3-7(2)8-4-5-9-11-10-6-13(9)12-8/h4-7H,3H2,1-2H3. The molecule has 0 aliphatic heterocycles. The van der Waals surface area contributed by atoms with Gasteiger partial charge in [0.1, 0.15) is 6.33 Å². The van der Waals surface area contributed by atoms with Crippen molar-refractivity contribution in [1.29, 1.82) is 0 Å². The molecule has 0 aliphatic carbocycles. The van der Waals surface area contributed by atoms with Gasteiger partial charge in [0, 0.05) is 0 Å². The maximum atomic E-state index is 4.40. The minimum atomic E-state index is 0.492. The summed E-state index contributed by atoms with van der Waals surface area (Å²) in [4.78, 5) is 0. The van der Waals surface area contributed by atoms with Gasteiger partial charge in [0.15, 0.2) is 5.65 Å². The minimum Gasteiger partial charge on any atom is -0.200 e. The molecule has 0 fully saturated rings. The van der Waals surface area contributed by atoms with Crippen molar-refractivity contribution in [3.05, 3.63) is 24.2 Å². The third kappa shape index (κ3) is 1.39. The van der Waals surface area contributed by atoms with Gasteiger partial charge in [-0.1, -0.05) is 13.8 Å². The molecule has 0 saturated carbocycles. The Labute approximate surface area is 76.6 Å². The Morgan fingerprint density at radius 1 is 1.46 bits per heavy atom. The number of hydrogen-bond acceptors (Lipinski definition) is 3. The summed E-state index contributed by atoms with van der Waals surface area (Å²) in [5.74, 6) is 0.492.